The highest BCUT2D eigenvalue weighted by atomic mass is 19.3. The van der Waals surface area contributed by atoms with Crippen molar-refractivity contribution in [2.45, 2.75) is 51.2 Å². The Bertz CT molecular complexity index is 459. The van der Waals surface area contributed by atoms with Gasteiger partial charge in [-0.3, -0.25) is 4.79 Å². The Hall–Kier alpha value is -1.44. The van der Waals surface area contributed by atoms with E-state index >= 15 is 0 Å². The molecule has 23 heavy (non-hydrogen) atoms. The van der Waals surface area contributed by atoms with Crippen LogP contribution in [0, 0.1) is 11.8 Å². The van der Waals surface area contributed by atoms with Crippen molar-refractivity contribution in [1.29, 1.82) is 0 Å². The van der Waals surface area contributed by atoms with Crippen molar-refractivity contribution in [3.05, 3.63) is 0 Å². The van der Waals surface area contributed by atoms with E-state index in [4.69, 9.17) is 4.74 Å². The molecule has 1 saturated carbocycles. The fourth-order valence-electron chi connectivity index (χ4n) is 3.17. The smallest absolute Gasteiger partial charge is 0.317 e. The molecule has 3 atom stereocenters. The standard InChI is InChI=1S/C15H24F2N2O4/c1-9-7-19(8-15(2,23-9)13(16)17)14(22)18-6-11(12(20)21)10-4-3-5-10/h9-11,13H,3-8H2,1-2H3,(H,18,22)(H,20,21). The van der Waals surface area contributed by atoms with E-state index in [1.165, 1.54) is 11.8 Å². The lowest BCUT2D eigenvalue weighted by Gasteiger charge is -2.43. The van der Waals surface area contributed by atoms with Crippen molar-refractivity contribution in [3.63, 3.8) is 0 Å². The molecule has 1 heterocycles. The Morgan fingerprint density at radius 2 is 2.09 bits per heavy atom. The number of alkyl halides is 2. The molecule has 132 valence electrons. The fraction of sp³-hybridized carbons (Fsp3) is 0.867. The quantitative estimate of drug-likeness (QED) is 0.805. The van der Waals surface area contributed by atoms with Crippen molar-refractivity contribution in [1.82, 2.24) is 10.2 Å². The number of urea groups is 1. The first-order valence-electron chi connectivity index (χ1n) is 7.94. The van der Waals surface area contributed by atoms with Crippen LogP contribution in [0.3, 0.4) is 0 Å². The van der Waals surface area contributed by atoms with Gasteiger partial charge < -0.3 is 20.1 Å². The second-order valence-corrected chi connectivity index (χ2v) is 6.74. The fourth-order valence-corrected chi connectivity index (χ4v) is 3.17. The Labute approximate surface area is 134 Å². The molecular weight excluding hydrogens is 310 g/mol. The van der Waals surface area contributed by atoms with Crippen LogP contribution in [0.2, 0.25) is 0 Å². The lowest BCUT2D eigenvalue weighted by molar-refractivity contribution is -0.190. The van der Waals surface area contributed by atoms with E-state index in [-0.39, 0.29) is 25.6 Å². The summed E-state index contributed by atoms with van der Waals surface area (Å²) < 4.78 is 31.5. The van der Waals surface area contributed by atoms with Gasteiger partial charge in [0.05, 0.1) is 18.6 Å². The van der Waals surface area contributed by atoms with Gasteiger partial charge in [0, 0.05) is 13.1 Å². The van der Waals surface area contributed by atoms with E-state index in [0.29, 0.717) is 0 Å². The first kappa shape index (κ1) is 17.9. The third-order valence-corrected chi connectivity index (χ3v) is 4.71. The molecular formula is C15H24F2N2O4. The van der Waals surface area contributed by atoms with Gasteiger partial charge >= 0.3 is 12.0 Å². The Morgan fingerprint density at radius 3 is 2.57 bits per heavy atom. The van der Waals surface area contributed by atoms with Crippen LogP contribution >= 0.6 is 0 Å². The van der Waals surface area contributed by atoms with E-state index in [9.17, 15) is 23.5 Å². The number of rotatable bonds is 5. The number of carbonyl (C=O) groups excluding carboxylic acids is 1. The SMILES string of the molecule is CC1CN(C(=O)NCC(C(=O)O)C2CCC2)CC(C)(C(F)F)O1. The second kappa shape index (κ2) is 6.98. The molecule has 2 aliphatic rings. The molecule has 1 aliphatic heterocycles. The largest absolute Gasteiger partial charge is 0.481 e. The predicted molar refractivity (Wildman–Crippen MR) is 78.4 cm³/mol. The lowest BCUT2D eigenvalue weighted by Crippen LogP contribution is -2.60. The van der Waals surface area contributed by atoms with Crippen molar-refractivity contribution in [2.75, 3.05) is 19.6 Å². The van der Waals surface area contributed by atoms with Gasteiger partial charge in [0.2, 0.25) is 0 Å². The van der Waals surface area contributed by atoms with E-state index in [1.807, 2.05) is 0 Å². The molecule has 2 rings (SSSR count). The van der Waals surface area contributed by atoms with Gasteiger partial charge in [-0.2, -0.15) is 0 Å². The summed E-state index contributed by atoms with van der Waals surface area (Å²) in [4.78, 5) is 24.8. The number of morpholine rings is 1. The van der Waals surface area contributed by atoms with Gasteiger partial charge in [-0.1, -0.05) is 6.42 Å². The average Bonchev–Trinajstić information content (AvgIpc) is 2.39. The summed E-state index contributed by atoms with van der Waals surface area (Å²) >= 11 is 0. The maximum Gasteiger partial charge on any atom is 0.317 e. The minimum absolute atomic E-state index is 0.0238. The van der Waals surface area contributed by atoms with Crippen LogP contribution in [0.1, 0.15) is 33.1 Å². The molecule has 0 spiro atoms. The molecule has 2 amide bonds. The number of halogens is 2. The molecule has 0 aromatic heterocycles. The van der Waals surface area contributed by atoms with Gasteiger partial charge in [0.1, 0.15) is 5.60 Å². The van der Waals surface area contributed by atoms with Crippen molar-refractivity contribution >= 4 is 12.0 Å². The predicted octanol–water partition coefficient (Wildman–Crippen LogP) is 1.94. The van der Waals surface area contributed by atoms with Gasteiger partial charge in [-0.05, 0) is 32.6 Å². The topological polar surface area (TPSA) is 78.9 Å². The third kappa shape index (κ3) is 4.10. The van der Waals surface area contributed by atoms with Crippen LogP contribution in [-0.2, 0) is 9.53 Å². The number of hydrogen-bond donors (Lipinski definition) is 2. The highest BCUT2D eigenvalue weighted by Gasteiger charge is 2.44. The number of carboxylic acids is 1. The summed E-state index contributed by atoms with van der Waals surface area (Å²) in [5.41, 5.74) is -1.70. The maximum absolute atomic E-state index is 13.1. The highest BCUT2D eigenvalue weighted by Crippen LogP contribution is 2.33. The summed E-state index contributed by atoms with van der Waals surface area (Å²) in [5.74, 6) is -1.46. The number of amides is 2. The summed E-state index contributed by atoms with van der Waals surface area (Å²) in [5, 5.41) is 11.8. The number of carbonyl (C=O) groups is 2. The molecule has 1 aliphatic carbocycles. The van der Waals surface area contributed by atoms with E-state index in [0.717, 1.165) is 19.3 Å². The van der Waals surface area contributed by atoms with Gasteiger partial charge in [0.25, 0.3) is 6.43 Å². The summed E-state index contributed by atoms with van der Waals surface area (Å²) in [6.45, 7) is 2.92. The van der Waals surface area contributed by atoms with E-state index in [1.54, 1.807) is 6.92 Å². The molecule has 0 radical (unpaired) electrons. The van der Waals surface area contributed by atoms with Crippen LogP contribution in [0.15, 0.2) is 0 Å². The summed E-state index contributed by atoms with van der Waals surface area (Å²) in [6, 6.07) is -0.516. The number of ether oxygens (including phenoxy) is 1. The number of carboxylic acid groups (broad SMARTS) is 1. The van der Waals surface area contributed by atoms with Crippen molar-refractivity contribution in [2.24, 2.45) is 11.8 Å². The number of hydrogen-bond acceptors (Lipinski definition) is 3. The maximum atomic E-state index is 13.1. The molecule has 6 nitrogen and oxygen atoms in total. The van der Waals surface area contributed by atoms with Crippen LogP contribution in [-0.4, -0.2) is 59.8 Å². The van der Waals surface area contributed by atoms with Crippen molar-refractivity contribution < 1.29 is 28.2 Å². The molecule has 8 heteroatoms. The molecule has 2 fully saturated rings. The molecule has 0 aromatic rings. The number of nitrogens with zero attached hydrogens (tertiary/aromatic N) is 1. The second-order valence-electron chi connectivity index (χ2n) is 6.74. The van der Waals surface area contributed by atoms with E-state index < -0.39 is 36.0 Å². The normalized spacial score (nSPS) is 30.0. The van der Waals surface area contributed by atoms with Gasteiger partial charge in [-0.15, -0.1) is 0 Å². The first-order valence-corrected chi connectivity index (χ1v) is 7.94. The zero-order valence-corrected chi connectivity index (χ0v) is 13.4. The van der Waals surface area contributed by atoms with Gasteiger partial charge in [0.15, 0.2) is 0 Å². The van der Waals surface area contributed by atoms with Crippen LogP contribution in [0.4, 0.5) is 13.6 Å². The van der Waals surface area contributed by atoms with Crippen LogP contribution < -0.4 is 5.32 Å². The monoisotopic (exact) mass is 334 g/mol. The third-order valence-electron chi connectivity index (χ3n) is 4.71. The van der Waals surface area contributed by atoms with Crippen LogP contribution in [0.25, 0.3) is 0 Å². The van der Waals surface area contributed by atoms with Gasteiger partial charge in [-0.25, -0.2) is 13.6 Å². The minimum atomic E-state index is -2.71. The van der Waals surface area contributed by atoms with Crippen LogP contribution in [0.5, 0.6) is 0 Å². The van der Waals surface area contributed by atoms with Crippen molar-refractivity contribution in [3.8, 4) is 0 Å². The van der Waals surface area contributed by atoms with E-state index in [2.05, 4.69) is 5.32 Å². The summed E-state index contributed by atoms with van der Waals surface area (Å²) in [6.07, 6.45) is -0.496. The molecule has 2 N–H and O–H groups in total. The summed E-state index contributed by atoms with van der Waals surface area (Å²) in [7, 11) is 0. The molecule has 0 aromatic carbocycles. The lowest BCUT2D eigenvalue weighted by atomic mass is 9.76. The Morgan fingerprint density at radius 1 is 1.43 bits per heavy atom. The minimum Gasteiger partial charge on any atom is -0.481 e. The first-order chi connectivity index (χ1) is 10.7. The average molecular weight is 334 g/mol. The zero-order chi connectivity index (χ0) is 17.2. The molecule has 3 unspecified atom stereocenters. The highest BCUT2D eigenvalue weighted by molar-refractivity contribution is 5.76. The molecule has 0 bridgehead atoms. The zero-order valence-electron chi connectivity index (χ0n) is 13.4. The molecule has 1 saturated heterocycles. The number of nitrogens with one attached hydrogen (secondary N) is 1. The Balaban J connectivity index is 1.92. The number of aliphatic carboxylic acids is 1. The Kier molecular flexibility index (Phi) is 5.44.